The van der Waals surface area contributed by atoms with Crippen LogP contribution in [0.4, 0.5) is 14.6 Å². The number of hydrogen-bond acceptors (Lipinski definition) is 7. The zero-order valence-corrected chi connectivity index (χ0v) is 19.5. The Morgan fingerprint density at radius 3 is 2.54 bits per heavy atom. The summed E-state index contributed by atoms with van der Waals surface area (Å²) in [6.45, 7) is 4.04. The summed E-state index contributed by atoms with van der Waals surface area (Å²) in [6, 6.07) is 5.81. The van der Waals surface area contributed by atoms with Crippen LogP contribution in [-0.2, 0) is 6.42 Å². The van der Waals surface area contributed by atoms with Crippen LogP contribution in [0, 0.1) is 18.6 Å². The number of phenols is 1. The fraction of sp³-hybridized carbons (Fsp3) is 0.346. The first-order valence-electron chi connectivity index (χ1n) is 11.6. The first kappa shape index (κ1) is 23.3. The Balaban J connectivity index is 1.70. The van der Waals surface area contributed by atoms with Gasteiger partial charge in [-0.05, 0) is 60.7 Å². The maximum absolute atomic E-state index is 16.0. The number of aryl methyl sites for hydroxylation is 2. The van der Waals surface area contributed by atoms with Gasteiger partial charge in [0.05, 0.1) is 17.6 Å². The predicted octanol–water partition coefficient (Wildman–Crippen LogP) is 4.02. The minimum Gasteiger partial charge on any atom is -0.508 e. The van der Waals surface area contributed by atoms with Gasteiger partial charge in [0.2, 0.25) is 0 Å². The van der Waals surface area contributed by atoms with E-state index in [1.165, 1.54) is 24.4 Å². The van der Waals surface area contributed by atoms with Crippen molar-refractivity contribution < 1.29 is 24.1 Å². The predicted molar refractivity (Wildman–Crippen MR) is 129 cm³/mol. The van der Waals surface area contributed by atoms with Gasteiger partial charge < -0.3 is 20.2 Å². The van der Waals surface area contributed by atoms with Crippen LogP contribution in [0.5, 0.6) is 5.75 Å². The van der Waals surface area contributed by atoms with Crippen LogP contribution in [0.1, 0.15) is 31.2 Å². The van der Waals surface area contributed by atoms with Gasteiger partial charge in [0, 0.05) is 24.8 Å². The Bertz CT molecular complexity index is 1450. The van der Waals surface area contributed by atoms with Crippen LogP contribution in [0.3, 0.4) is 0 Å². The number of hydrogen-bond donors (Lipinski definition) is 3. The summed E-state index contributed by atoms with van der Waals surface area (Å²) >= 11 is 0. The lowest BCUT2D eigenvalue weighted by Gasteiger charge is -2.37. The second kappa shape index (κ2) is 8.66. The van der Waals surface area contributed by atoms with Gasteiger partial charge in [0.25, 0.3) is 0 Å². The number of phenolic OH excluding ortho intramolecular Hbond substituents is 1. The first-order valence-corrected chi connectivity index (χ1v) is 11.6. The fourth-order valence-electron chi connectivity index (χ4n) is 4.90. The molecule has 0 saturated carbocycles. The second-order valence-electron chi connectivity index (χ2n) is 9.12. The molecule has 4 aromatic rings. The summed E-state index contributed by atoms with van der Waals surface area (Å²) in [5, 5.41) is 31.6. The lowest BCUT2D eigenvalue weighted by Crippen LogP contribution is -2.47. The zero-order valence-electron chi connectivity index (χ0n) is 19.5. The minimum absolute atomic E-state index is 0.0314. The molecule has 0 spiro atoms. The maximum atomic E-state index is 16.0. The number of nitrogens with zero attached hydrogens (tertiary/aromatic N) is 4. The van der Waals surface area contributed by atoms with Gasteiger partial charge in [0.1, 0.15) is 34.4 Å². The molecule has 1 aliphatic heterocycles. The smallest absolute Gasteiger partial charge is 0.175 e. The maximum Gasteiger partial charge on any atom is 0.175 e. The molecule has 5 rings (SSSR count). The molecule has 3 heterocycles. The molecule has 182 valence electrons. The van der Waals surface area contributed by atoms with Gasteiger partial charge in [-0.25, -0.2) is 18.7 Å². The Morgan fingerprint density at radius 2 is 1.86 bits per heavy atom. The molecule has 7 nitrogen and oxygen atoms in total. The number of aliphatic hydroxyl groups excluding tert-OH is 1. The highest BCUT2D eigenvalue weighted by molar-refractivity contribution is 6.01. The molecule has 1 saturated heterocycles. The highest BCUT2D eigenvalue weighted by Crippen LogP contribution is 2.39. The van der Waals surface area contributed by atoms with E-state index in [0.29, 0.717) is 71.3 Å². The van der Waals surface area contributed by atoms with Crippen molar-refractivity contribution in [3.05, 3.63) is 53.5 Å². The molecule has 0 bridgehead atoms. The summed E-state index contributed by atoms with van der Waals surface area (Å²) in [6.07, 6.45) is 2.58. The number of benzene rings is 2. The molecule has 0 atom stereocenters. The van der Waals surface area contributed by atoms with E-state index in [9.17, 15) is 19.7 Å². The number of aliphatic hydroxyl groups is 2. The lowest BCUT2D eigenvalue weighted by molar-refractivity contribution is -0.0326. The van der Waals surface area contributed by atoms with E-state index in [2.05, 4.69) is 15.0 Å². The number of halogens is 2. The molecular weight excluding hydrogens is 454 g/mol. The van der Waals surface area contributed by atoms with E-state index in [4.69, 9.17) is 0 Å². The summed E-state index contributed by atoms with van der Waals surface area (Å²) in [5.74, 6) is -0.288. The van der Waals surface area contributed by atoms with E-state index in [1.807, 2.05) is 11.8 Å². The topological polar surface area (TPSA) is 103 Å². The standard InChI is InChI=1S/C26H26F2N4O3/c1-3-17-20(27)5-4-15-10-16(34)11-18(21(15)17)23-22(28)24-19(12-29-23)25(31-14(2)30-24)32-8-6-26(35,13-33)7-9-32/h4-5,10-12,33-35H,3,6-9,13H2,1-2H3. The number of aromatic hydroxyl groups is 1. The summed E-state index contributed by atoms with van der Waals surface area (Å²) < 4.78 is 30.7. The van der Waals surface area contributed by atoms with Gasteiger partial charge >= 0.3 is 0 Å². The van der Waals surface area contributed by atoms with Crippen molar-refractivity contribution in [2.75, 3.05) is 24.6 Å². The molecule has 1 fully saturated rings. The number of rotatable bonds is 4. The zero-order chi connectivity index (χ0) is 24.9. The van der Waals surface area contributed by atoms with E-state index in [1.54, 1.807) is 13.0 Å². The molecule has 3 N–H and O–H groups in total. The van der Waals surface area contributed by atoms with Crippen LogP contribution < -0.4 is 4.90 Å². The van der Waals surface area contributed by atoms with Crippen molar-refractivity contribution >= 4 is 27.5 Å². The third kappa shape index (κ3) is 3.94. The quantitative estimate of drug-likeness (QED) is 0.405. The molecule has 0 radical (unpaired) electrons. The Kier molecular flexibility index (Phi) is 5.77. The van der Waals surface area contributed by atoms with Crippen molar-refractivity contribution in [3.8, 4) is 17.0 Å². The van der Waals surface area contributed by atoms with Crippen molar-refractivity contribution in [2.45, 2.75) is 38.7 Å². The summed E-state index contributed by atoms with van der Waals surface area (Å²) in [4.78, 5) is 15.2. The highest BCUT2D eigenvalue weighted by atomic mass is 19.1. The molecule has 35 heavy (non-hydrogen) atoms. The molecule has 9 heteroatoms. The van der Waals surface area contributed by atoms with Gasteiger partial charge in [-0.3, -0.25) is 4.98 Å². The largest absolute Gasteiger partial charge is 0.508 e. The molecular formula is C26H26F2N4O3. The molecule has 2 aromatic carbocycles. The van der Waals surface area contributed by atoms with Gasteiger partial charge in [0.15, 0.2) is 5.82 Å². The summed E-state index contributed by atoms with van der Waals surface area (Å²) in [7, 11) is 0. The van der Waals surface area contributed by atoms with E-state index in [-0.39, 0.29) is 23.6 Å². The highest BCUT2D eigenvalue weighted by Gasteiger charge is 2.33. The van der Waals surface area contributed by atoms with Gasteiger partial charge in [-0.2, -0.15) is 0 Å². The average molecular weight is 481 g/mol. The number of fused-ring (bicyclic) bond motifs is 2. The Labute approximate surface area is 200 Å². The van der Waals surface area contributed by atoms with Crippen molar-refractivity contribution in [3.63, 3.8) is 0 Å². The third-order valence-corrected chi connectivity index (χ3v) is 6.83. The van der Waals surface area contributed by atoms with Gasteiger partial charge in [-0.15, -0.1) is 0 Å². The Morgan fingerprint density at radius 1 is 1.11 bits per heavy atom. The van der Waals surface area contributed by atoms with Crippen molar-refractivity contribution in [1.82, 2.24) is 15.0 Å². The van der Waals surface area contributed by atoms with Crippen molar-refractivity contribution in [2.24, 2.45) is 0 Å². The van der Waals surface area contributed by atoms with Crippen LogP contribution in [0.25, 0.3) is 32.9 Å². The van der Waals surface area contributed by atoms with Crippen LogP contribution >= 0.6 is 0 Å². The van der Waals surface area contributed by atoms with Crippen molar-refractivity contribution in [1.29, 1.82) is 0 Å². The first-order chi connectivity index (χ1) is 16.7. The molecule has 0 aliphatic carbocycles. The number of pyridine rings is 1. The molecule has 2 aromatic heterocycles. The van der Waals surface area contributed by atoms with E-state index in [0.717, 1.165) is 0 Å². The molecule has 1 aliphatic rings. The van der Waals surface area contributed by atoms with Crippen LogP contribution in [0.15, 0.2) is 30.5 Å². The molecule has 0 amide bonds. The van der Waals surface area contributed by atoms with Crippen LogP contribution in [0.2, 0.25) is 0 Å². The number of aromatic nitrogens is 3. The fourth-order valence-corrected chi connectivity index (χ4v) is 4.90. The lowest BCUT2D eigenvalue weighted by atomic mass is 9.92. The number of anilines is 1. The second-order valence-corrected chi connectivity index (χ2v) is 9.12. The Hall–Kier alpha value is -3.43. The minimum atomic E-state index is -1.13. The van der Waals surface area contributed by atoms with Crippen LogP contribution in [-0.4, -0.2) is 55.6 Å². The molecule has 0 unspecified atom stereocenters. The third-order valence-electron chi connectivity index (χ3n) is 6.83. The monoisotopic (exact) mass is 480 g/mol. The van der Waals surface area contributed by atoms with E-state index < -0.39 is 17.2 Å². The average Bonchev–Trinajstić information content (AvgIpc) is 2.84. The number of piperidine rings is 1. The van der Waals surface area contributed by atoms with E-state index >= 15 is 4.39 Å². The summed E-state index contributed by atoms with van der Waals surface area (Å²) in [5.41, 5.74) is -0.377. The SMILES string of the molecule is CCc1c(F)ccc2cc(O)cc(-c3ncc4c(N5CCC(O)(CO)CC5)nc(C)nc4c3F)c12. The normalized spacial score (nSPS) is 15.8. The van der Waals surface area contributed by atoms with Gasteiger partial charge in [-0.1, -0.05) is 13.0 Å².